The molecule has 4 nitrogen and oxygen atoms in total. The number of hydrogen-bond acceptors (Lipinski definition) is 3. The summed E-state index contributed by atoms with van der Waals surface area (Å²) in [5.74, 6) is 0.562. The zero-order chi connectivity index (χ0) is 15.4. The Morgan fingerprint density at radius 1 is 1.43 bits per heavy atom. The molecule has 0 radical (unpaired) electrons. The Kier molecular flexibility index (Phi) is 5.48. The molecule has 1 aromatic rings. The summed E-state index contributed by atoms with van der Waals surface area (Å²) in [7, 11) is 3.58. The van der Waals surface area contributed by atoms with E-state index in [-0.39, 0.29) is 5.91 Å². The van der Waals surface area contributed by atoms with E-state index in [0.717, 1.165) is 5.56 Å². The minimum absolute atomic E-state index is 0.0237. The number of amides is 1. The fraction of sp³-hybridized carbons (Fsp3) is 0.562. The SMILES string of the molecule is COc1cc(Cl)c(C)cc1NC(=O)CN(C)C1CCCC1. The van der Waals surface area contributed by atoms with Crippen LogP contribution in [0.25, 0.3) is 0 Å². The van der Waals surface area contributed by atoms with E-state index in [2.05, 4.69) is 10.2 Å². The quantitative estimate of drug-likeness (QED) is 0.905. The summed E-state index contributed by atoms with van der Waals surface area (Å²) in [6.45, 7) is 2.30. The fourth-order valence-corrected chi connectivity index (χ4v) is 2.97. The molecule has 0 bridgehead atoms. The Morgan fingerprint density at radius 2 is 2.10 bits per heavy atom. The number of ether oxygens (including phenoxy) is 1. The van der Waals surface area contributed by atoms with Crippen LogP contribution in [0.5, 0.6) is 5.75 Å². The molecule has 0 saturated heterocycles. The van der Waals surface area contributed by atoms with Crippen molar-refractivity contribution in [2.45, 2.75) is 38.6 Å². The van der Waals surface area contributed by atoms with Crippen LogP contribution in [0.1, 0.15) is 31.2 Å². The topological polar surface area (TPSA) is 41.6 Å². The second-order valence-corrected chi connectivity index (χ2v) is 6.11. The minimum Gasteiger partial charge on any atom is -0.495 e. The van der Waals surface area contributed by atoms with Gasteiger partial charge in [-0.25, -0.2) is 0 Å². The van der Waals surface area contributed by atoms with Crippen molar-refractivity contribution >= 4 is 23.2 Å². The Bertz CT molecular complexity index is 513. The molecule has 1 saturated carbocycles. The van der Waals surface area contributed by atoms with Gasteiger partial charge >= 0.3 is 0 Å². The lowest BCUT2D eigenvalue weighted by molar-refractivity contribution is -0.117. The molecule has 0 aromatic heterocycles. The number of rotatable bonds is 5. The van der Waals surface area contributed by atoms with Crippen molar-refractivity contribution in [1.29, 1.82) is 0 Å². The van der Waals surface area contributed by atoms with E-state index >= 15 is 0 Å². The number of anilines is 1. The Morgan fingerprint density at radius 3 is 2.71 bits per heavy atom. The number of nitrogens with one attached hydrogen (secondary N) is 1. The second kappa shape index (κ2) is 7.14. The number of carbonyl (C=O) groups is 1. The molecule has 5 heteroatoms. The van der Waals surface area contributed by atoms with E-state index in [1.165, 1.54) is 25.7 Å². The van der Waals surface area contributed by atoms with Gasteiger partial charge in [-0.3, -0.25) is 9.69 Å². The van der Waals surface area contributed by atoms with E-state index in [1.54, 1.807) is 13.2 Å². The molecular weight excluding hydrogens is 288 g/mol. The molecule has 1 aliphatic carbocycles. The molecule has 0 spiro atoms. The number of halogens is 1. The van der Waals surface area contributed by atoms with E-state index in [1.807, 2.05) is 20.0 Å². The van der Waals surface area contributed by atoms with Crippen molar-refractivity contribution in [3.8, 4) is 5.75 Å². The van der Waals surface area contributed by atoms with Crippen molar-refractivity contribution in [2.24, 2.45) is 0 Å². The van der Waals surface area contributed by atoms with Crippen LogP contribution in [0, 0.1) is 6.92 Å². The Labute approximate surface area is 131 Å². The van der Waals surface area contributed by atoms with E-state index in [4.69, 9.17) is 16.3 Å². The van der Waals surface area contributed by atoms with E-state index in [0.29, 0.717) is 29.0 Å². The first-order valence-electron chi connectivity index (χ1n) is 7.35. The smallest absolute Gasteiger partial charge is 0.238 e. The number of methoxy groups -OCH3 is 1. The lowest BCUT2D eigenvalue weighted by atomic mass is 10.2. The van der Waals surface area contributed by atoms with Gasteiger partial charge in [0.25, 0.3) is 0 Å². The maximum absolute atomic E-state index is 12.2. The fourth-order valence-electron chi connectivity index (χ4n) is 2.82. The molecule has 1 N–H and O–H groups in total. The second-order valence-electron chi connectivity index (χ2n) is 5.70. The van der Waals surface area contributed by atoms with Crippen molar-refractivity contribution < 1.29 is 9.53 Å². The van der Waals surface area contributed by atoms with Crippen LogP contribution < -0.4 is 10.1 Å². The monoisotopic (exact) mass is 310 g/mol. The molecule has 1 amide bonds. The largest absolute Gasteiger partial charge is 0.495 e. The summed E-state index contributed by atoms with van der Waals surface area (Å²) in [5.41, 5.74) is 1.58. The summed E-state index contributed by atoms with van der Waals surface area (Å²) in [6.07, 6.45) is 4.90. The highest BCUT2D eigenvalue weighted by Crippen LogP contribution is 2.31. The molecule has 1 aliphatic rings. The van der Waals surface area contributed by atoms with Gasteiger partial charge in [-0.05, 0) is 38.4 Å². The summed E-state index contributed by atoms with van der Waals surface area (Å²) in [6, 6.07) is 4.10. The standard InChI is InChI=1S/C16H23ClN2O2/c1-11-8-14(15(21-3)9-13(11)17)18-16(20)10-19(2)12-6-4-5-7-12/h8-9,12H,4-7,10H2,1-3H3,(H,18,20). The van der Waals surface area contributed by atoms with Crippen LogP contribution in [-0.2, 0) is 4.79 Å². The maximum Gasteiger partial charge on any atom is 0.238 e. The molecule has 0 heterocycles. The lowest BCUT2D eigenvalue weighted by Crippen LogP contribution is -2.36. The highest BCUT2D eigenvalue weighted by Gasteiger charge is 2.21. The number of aryl methyl sites for hydroxylation is 1. The number of likely N-dealkylation sites (N-methyl/N-ethyl adjacent to an activating group) is 1. The summed E-state index contributed by atoms with van der Waals surface area (Å²) >= 11 is 6.07. The zero-order valence-corrected chi connectivity index (χ0v) is 13.7. The third kappa shape index (κ3) is 4.11. The third-order valence-electron chi connectivity index (χ3n) is 4.10. The third-order valence-corrected chi connectivity index (χ3v) is 4.50. The zero-order valence-electron chi connectivity index (χ0n) is 12.9. The highest BCUT2D eigenvalue weighted by molar-refractivity contribution is 6.31. The number of hydrogen-bond donors (Lipinski definition) is 1. The molecular formula is C16H23ClN2O2. The normalized spacial score (nSPS) is 15.5. The minimum atomic E-state index is -0.0237. The van der Waals surface area contributed by atoms with Gasteiger partial charge in [0.05, 0.1) is 19.3 Å². The molecule has 0 aliphatic heterocycles. The van der Waals surface area contributed by atoms with Gasteiger partial charge < -0.3 is 10.1 Å². The average Bonchev–Trinajstić information content (AvgIpc) is 2.96. The van der Waals surface area contributed by atoms with Crippen LogP contribution in [0.4, 0.5) is 5.69 Å². The summed E-state index contributed by atoms with van der Waals surface area (Å²) in [4.78, 5) is 14.3. The predicted molar refractivity (Wildman–Crippen MR) is 86.3 cm³/mol. The Hall–Kier alpha value is -1.26. The molecule has 1 aromatic carbocycles. The van der Waals surface area contributed by atoms with E-state index in [9.17, 15) is 4.79 Å². The van der Waals surface area contributed by atoms with E-state index < -0.39 is 0 Å². The van der Waals surface area contributed by atoms with Gasteiger partial charge in [0.1, 0.15) is 5.75 Å². The van der Waals surface area contributed by atoms with Crippen LogP contribution >= 0.6 is 11.6 Å². The molecule has 116 valence electrons. The van der Waals surface area contributed by atoms with Crippen molar-refractivity contribution in [2.75, 3.05) is 26.0 Å². The first-order valence-corrected chi connectivity index (χ1v) is 7.73. The van der Waals surface area contributed by atoms with Crippen LogP contribution in [0.3, 0.4) is 0 Å². The first kappa shape index (κ1) is 16.1. The van der Waals surface area contributed by atoms with Gasteiger partial charge in [0.2, 0.25) is 5.91 Å². The molecule has 1 fully saturated rings. The van der Waals surface area contributed by atoms with Crippen molar-refractivity contribution in [1.82, 2.24) is 4.90 Å². The molecule has 2 rings (SSSR count). The molecule has 0 unspecified atom stereocenters. The predicted octanol–water partition coefficient (Wildman–Crippen LogP) is 3.47. The summed E-state index contributed by atoms with van der Waals surface area (Å²) in [5, 5.41) is 3.55. The van der Waals surface area contributed by atoms with Crippen LogP contribution in [0.2, 0.25) is 5.02 Å². The number of benzene rings is 1. The number of nitrogens with zero attached hydrogens (tertiary/aromatic N) is 1. The summed E-state index contributed by atoms with van der Waals surface area (Å²) < 4.78 is 5.27. The van der Waals surface area contributed by atoms with Crippen LogP contribution in [-0.4, -0.2) is 37.6 Å². The van der Waals surface area contributed by atoms with Gasteiger partial charge in [-0.2, -0.15) is 0 Å². The number of carbonyl (C=O) groups excluding carboxylic acids is 1. The molecule has 21 heavy (non-hydrogen) atoms. The van der Waals surface area contributed by atoms with Crippen molar-refractivity contribution in [3.63, 3.8) is 0 Å². The maximum atomic E-state index is 12.2. The first-order chi connectivity index (χ1) is 10.0. The lowest BCUT2D eigenvalue weighted by Gasteiger charge is -2.23. The highest BCUT2D eigenvalue weighted by atomic mass is 35.5. The van der Waals surface area contributed by atoms with Crippen LogP contribution in [0.15, 0.2) is 12.1 Å². The van der Waals surface area contributed by atoms with Gasteiger partial charge in [-0.1, -0.05) is 24.4 Å². The van der Waals surface area contributed by atoms with Gasteiger partial charge in [0.15, 0.2) is 0 Å². The molecule has 0 atom stereocenters. The van der Waals surface area contributed by atoms with Crippen molar-refractivity contribution in [3.05, 3.63) is 22.7 Å². The van der Waals surface area contributed by atoms with Gasteiger partial charge in [0, 0.05) is 17.1 Å². The Balaban J connectivity index is 2.00. The average molecular weight is 311 g/mol. The van der Waals surface area contributed by atoms with Gasteiger partial charge in [-0.15, -0.1) is 0 Å².